The smallest absolute Gasteiger partial charge is 0.405 e. The van der Waals surface area contributed by atoms with E-state index >= 15 is 0 Å². The molecule has 3 rings (SSSR count). The van der Waals surface area contributed by atoms with Crippen molar-refractivity contribution < 1.29 is 23.8 Å². The number of hydrogen-bond donors (Lipinski definition) is 3. The number of benzene rings is 2. The highest BCUT2D eigenvalue weighted by Crippen LogP contribution is 2.35. The van der Waals surface area contributed by atoms with Gasteiger partial charge >= 0.3 is 6.09 Å². The Bertz CT molecular complexity index is 792. The zero-order valence-corrected chi connectivity index (χ0v) is 13.3. The van der Waals surface area contributed by atoms with Crippen molar-refractivity contribution in [3.63, 3.8) is 0 Å². The van der Waals surface area contributed by atoms with Crippen LogP contribution in [0.5, 0.6) is 5.75 Å². The molecule has 2 aromatic rings. The lowest BCUT2D eigenvalue weighted by atomic mass is 9.97. The van der Waals surface area contributed by atoms with Crippen molar-refractivity contribution in [1.82, 2.24) is 10.6 Å². The van der Waals surface area contributed by atoms with Gasteiger partial charge in [-0.2, -0.15) is 0 Å². The van der Waals surface area contributed by atoms with Crippen LogP contribution in [0.3, 0.4) is 0 Å². The first kappa shape index (κ1) is 16.8. The van der Waals surface area contributed by atoms with Crippen molar-refractivity contribution in [3.8, 4) is 5.75 Å². The zero-order chi connectivity index (χ0) is 17.8. The van der Waals surface area contributed by atoms with E-state index in [4.69, 9.17) is 9.84 Å². The summed E-state index contributed by atoms with van der Waals surface area (Å²) in [5, 5.41) is 14.1. The van der Waals surface area contributed by atoms with Crippen LogP contribution in [0.1, 0.15) is 33.9 Å². The van der Waals surface area contributed by atoms with Crippen LogP contribution in [0.15, 0.2) is 42.5 Å². The highest BCUT2D eigenvalue weighted by molar-refractivity contribution is 5.97. The number of rotatable bonds is 4. The molecule has 1 aliphatic heterocycles. The fourth-order valence-electron chi connectivity index (χ4n) is 2.78. The lowest BCUT2D eigenvalue weighted by molar-refractivity contribution is 0.0945. The molecule has 130 valence electrons. The summed E-state index contributed by atoms with van der Waals surface area (Å²) >= 11 is 0. The van der Waals surface area contributed by atoms with Crippen LogP contribution in [0.4, 0.5) is 9.18 Å². The van der Waals surface area contributed by atoms with Crippen LogP contribution >= 0.6 is 0 Å². The second-order valence-corrected chi connectivity index (χ2v) is 5.67. The summed E-state index contributed by atoms with van der Waals surface area (Å²) in [6, 6.07) is 10.5. The number of carbonyl (C=O) groups excluding carboxylic acids is 1. The number of ether oxygens (including phenoxy) is 1. The summed E-state index contributed by atoms with van der Waals surface area (Å²) in [6.45, 7) is 0.569. The lowest BCUT2D eigenvalue weighted by Crippen LogP contribution is -2.32. The normalized spacial score (nSPS) is 15.6. The lowest BCUT2D eigenvalue weighted by Gasteiger charge is -2.27. The van der Waals surface area contributed by atoms with Gasteiger partial charge < -0.3 is 20.5 Å². The van der Waals surface area contributed by atoms with Gasteiger partial charge in [0.2, 0.25) is 0 Å². The Kier molecular flexibility index (Phi) is 4.83. The molecular formula is C18H17FN2O4. The van der Waals surface area contributed by atoms with Gasteiger partial charge in [0, 0.05) is 18.5 Å². The van der Waals surface area contributed by atoms with Crippen LogP contribution in [0, 0.1) is 5.82 Å². The predicted octanol–water partition coefficient (Wildman–Crippen LogP) is 2.85. The van der Waals surface area contributed by atoms with E-state index in [0.717, 1.165) is 5.56 Å². The van der Waals surface area contributed by atoms with Gasteiger partial charge in [-0.15, -0.1) is 0 Å². The molecule has 1 heterocycles. The van der Waals surface area contributed by atoms with Crippen LogP contribution in [0.25, 0.3) is 0 Å². The highest BCUT2D eigenvalue weighted by atomic mass is 19.1. The molecule has 2 aromatic carbocycles. The summed E-state index contributed by atoms with van der Waals surface area (Å²) in [4.78, 5) is 23.4. The average Bonchev–Trinajstić information content (AvgIpc) is 2.60. The van der Waals surface area contributed by atoms with E-state index in [1.165, 1.54) is 12.1 Å². The first-order valence-corrected chi connectivity index (χ1v) is 7.82. The van der Waals surface area contributed by atoms with Crippen molar-refractivity contribution in [2.75, 3.05) is 6.61 Å². The molecule has 25 heavy (non-hydrogen) atoms. The molecule has 0 bridgehead atoms. The molecular weight excluding hydrogens is 327 g/mol. The molecule has 2 amide bonds. The third kappa shape index (κ3) is 3.88. The monoisotopic (exact) mass is 344 g/mol. The van der Waals surface area contributed by atoms with E-state index in [1.54, 1.807) is 30.3 Å². The number of carbonyl (C=O) groups is 2. The van der Waals surface area contributed by atoms with Crippen LogP contribution in [0.2, 0.25) is 0 Å². The Hall–Kier alpha value is -3.09. The Morgan fingerprint density at radius 1 is 1.20 bits per heavy atom. The van der Waals surface area contributed by atoms with E-state index in [1.807, 2.05) is 0 Å². The first-order valence-electron chi connectivity index (χ1n) is 7.82. The van der Waals surface area contributed by atoms with Crippen LogP contribution < -0.4 is 15.4 Å². The summed E-state index contributed by atoms with van der Waals surface area (Å²) in [7, 11) is 0. The van der Waals surface area contributed by atoms with E-state index in [9.17, 15) is 14.0 Å². The topological polar surface area (TPSA) is 87.7 Å². The van der Waals surface area contributed by atoms with Gasteiger partial charge in [0.05, 0.1) is 18.2 Å². The first-order chi connectivity index (χ1) is 12.0. The number of para-hydroxylation sites is 1. The van der Waals surface area contributed by atoms with Crippen molar-refractivity contribution in [3.05, 3.63) is 65.0 Å². The molecule has 0 unspecified atom stereocenters. The fourth-order valence-corrected chi connectivity index (χ4v) is 2.78. The van der Waals surface area contributed by atoms with Gasteiger partial charge in [0.15, 0.2) is 0 Å². The molecule has 0 saturated carbocycles. The molecule has 0 saturated heterocycles. The summed E-state index contributed by atoms with van der Waals surface area (Å²) in [5.74, 6) is -0.279. The SMILES string of the molecule is O=C(O)N[C@H]1CCOc2c(C(=O)NCc3ccc(F)cc3)cccc21. The van der Waals surface area contributed by atoms with Gasteiger partial charge in [0.25, 0.3) is 5.91 Å². The van der Waals surface area contributed by atoms with E-state index in [0.29, 0.717) is 29.9 Å². The Balaban J connectivity index is 1.77. The number of fused-ring (bicyclic) bond motifs is 1. The molecule has 3 N–H and O–H groups in total. The van der Waals surface area contributed by atoms with Crippen molar-refractivity contribution >= 4 is 12.0 Å². The molecule has 0 fully saturated rings. The number of nitrogens with one attached hydrogen (secondary N) is 2. The minimum absolute atomic E-state index is 0.250. The maximum atomic E-state index is 12.9. The molecule has 0 aliphatic carbocycles. The number of amides is 2. The number of hydrogen-bond acceptors (Lipinski definition) is 3. The number of carboxylic acid groups (broad SMARTS) is 1. The van der Waals surface area contributed by atoms with Gasteiger partial charge in [-0.05, 0) is 23.8 Å². The highest BCUT2D eigenvalue weighted by Gasteiger charge is 2.26. The molecule has 1 atom stereocenters. The molecule has 0 radical (unpaired) electrons. The van der Waals surface area contributed by atoms with Crippen LogP contribution in [-0.2, 0) is 6.54 Å². The van der Waals surface area contributed by atoms with Gasteiger partial charge in [-0.25, -0.2) is 9.18 Å². The quantitative estimate of drug-likeness (QED) is 0.796. The van der Waals surface area contributed by atoms with E-state index in [-0.39, 0.29) is 18.3 Å². The van der Waals surface area contributed by atoms with E-state index in [2.05, 4.69) is 10.6 Å². The zero-order valence-electron chi connectivity index (χ0n) is 13.3. The summed E-state index contributed by atoms with van der Waals surface area (Å²) in [5.41, 5.74) is 1.76. The van der Waals surface area contributed by atoms with Gasteiger partial charge in [-0.3, -0.25) is 4.79 Å². The maximum Gasteiger partial charge on any atom is 0.405 e. The predicted molar refractivity (Wildman–Crippen MR) is 88.0 cm³/mol. The molecule has 1 aliphatic rings. The Morgan fingerprint density at radius 3 is 2.68 bits per heavy atom. The van der Waals surface area contributed by atoms with E-state index < -0.39 is 12.1 Å². The third-order valence-corrected chi connectivity index (χ3v) is 3.98. The van der Waals surface area contributed by atoms with Gasteiger partial charge in [0.1, 0.15) is 11.6 Å². The third-order valence-electron chi connectivity index (χ3n) is 3.98. The fraction of sp³-hybridized carbons (Fsp3) is 0.222. The van der Waals surface area contributed by atoms with Crippen molar-refractivity contribution in [1.29, 1.82) is 0 Å². The molecule has 0 aromatic heterocycles. The molecule has 7 heteroatoms. The van der Waals surface area contributed by atoms with Crippen molar-refractivity contribution in [2.24, 2.45) is 0 Å². The summed E-state index contributed by atoms with van der Waals surface area (Å²) < 4.78 is 18.5. The second-order valence-electron chi connectivity index (χ2n) is 5.67. The minimum atomic E-state index is -1.12. The Labute approximate surface area is 143 Å². The average molecular weight is 344 g/mol. The van der Waals surface area contributed by atoms with Gasteiger partial charge in [-0.1, -0.05) is 24.3 Å². The maximum absolute atomic E-state index is 12.9. The van der Waals surface area contributed by atoms with Crippen LogP contribution in [-0.4, -0.2) is 23.7 Å². The Morgan fingerprint density at radius 2 is 1.96 bits per heavy atom. The largest absolute Gasteiger partial charge is 0.492 e. The standard InChI is InChI=1S/C18H17FN2O4/c19-12-6-4-11(5-7-12)10-20-17(22)14-3-1-2-13-15(21-18(23)24)8-9-25-16(13)14/h1-7,15,21H,8-10H2,(H,20,22)(H,23,24)/t15-/m0/s1. The second kappa shape index (κ2) is 7.21. The minimum Gasteiger partial charge on any atom is -0.492 e. The molecule has 6 nitrogen and oxygen atoms in total. The summed E-state index contributed by atoms with van der Waals surface area (Å²) in [6.07, 6.45) is -0.621. The molecule has 0 spiro atoms. The van der Waals surface area contributed by atoms with Crippen molar-refractivity contribution in [2.45, 2.75) is 19.0 Å². The number of halogens is 1.